The van der Waals surface area contributed by atoms with Gasteiger partial charge in [-0.1, -0.05) is 0 Å². The fourth-order valence-corrected chi connectivity index (χ4v) is 3.86. The molecule has 0 aliphatic rings. The SMILES string of the molecule is c1c[nH]c(P(c2ccc[nH]2)c2ccc[nH]2)c1. The first kappa shape index (κ1) is 9.49. The molecule has 0 spiro atoms. The molecular formula is C12H12N3P. The van der Waals surface area contributed by atoms with Gasteiger partial charge in [0.05, 0.1) is 16.3 Å². The molecule has 0 aliphatic carbocycles. The van der Waals surface area contributed by atoms with Gasteiger partial charge in [-0.25, -0.2) is 0 Å². The number of aromatic nitrogens is 3. The molecule has 3 aromatic rings. The van der Waals surface area contributed by atoms with E-state index < -0.39 is 7.92 Å². The largest absolute Gasteiger partial charge is 0.361 e. The quantitative estimate of drug-likeness (QED) is 0.569. The lowest BCUT2D eigenvalue weighted by molar-refractivity contribution is 1.44. The summed E-state index contributed by atoms with van der Waals surface area (Å²) in [5.74, 6) is 0. The van der Waals surface area contributed by atoms with E-state index in [0.29, 0.717) is 0 Å². The molecule has 0 atom stereocenters. The first-order valence-corrected chi connectivity index (χ1v) is 6.49. The van der Waals surface area contributed by atoms with E-state index in [9.17, 15) is 0 Å². The molecule has 0 amide bonds. The molecule has 0 saturated heterocycles. The van der Waals surface area contributed by atoms with Crippen LogP contribution in [0.4, 0.5) is 0 Å². The Balaban J connectivity index is 2.09. The summed E-state index contributed by atoms with van der Waals surface area (Å²) >= 11 is 0. The van der Waals surface area contributed by atoms with Crippen LogP contribution in [0.3, 0.4) is 0 Å². The molecule has 0 unspecified atom stereocenters. The number of hydrogen-bond donors (Lipinski definition) is 3. The van der Waals surface area contributed by atoms with Crippen molar-refractivity contribution in [1.29, 1.82) is 0 Å². The van der Waals surface area contributed by atoms with Gasteiger partial charge in [-0.15, -0.1) is 0 Å². The van der Waals surface area contributed by atoms with E-state index >= 15 is 0 Å². The standard InChI is InChI=1S/C12H12N3P/c1-4-10(13-7-1)16(11-5-2-8-14-11)12-6-3-9-15-12/h1-9,13-15H. The Morgan fingerprint density at radius 3 is 1.25 bits per heavy atom. The third-order valence-electron chi connectivity index (χ3n) is 2.47. The number of H-pyrrole nitrogens is 3. The summed E-state index contributed by atoms with van der Waals surface area (Å²) in [4.78, 5) is 9.91. The highest BCUT2D eigenvalue weighted by molar-refractivity contribution is 7.79. The van der Waals surface area contributed by atoms with E-state index in [4.69, 9.17) is 0 Å². The second-order valence-electron chi connectivity index (χ2n) is 3.50. The lowest BCUT2D eigenvalue weighted by Crippen LogP contribution is -2.22. The third-order valence-corrected chi connectivity index (χ3v) is 4.75. The smallest absolute Gasteiger partial charge is 0.0506 e. The molecule has 80 valence electrons. The van der Waals surface area contributed by atoms with Gasteiger partial charge in [0, 0.05) is 26.5 Å². The maximum absolute atomic E-state index is 3.30. The van der Waals surface area contributed by atoms with Crippen molar-refractivity contribution in [3.63, 3.8) is 0 Å². The molecule has 0 saturated carbocycles. The van der Waals surface area contributed by atoms with E-state index in [1.807, 2.05) is 36.8 Å². The molecule has 0 fully saturated rings. The van der Waals surface area contributed by atoms with Gasteiger partial charge in [-0.3, -0.25) is 0 Å². The van der Waals surface area contributed by atoms with Gasteiger partial charge in [-0.05, 0) is 36.4 Å². The van der Waals surface area contributed by atoms with Gasteiger partial charge >= 0.3 is 0 Å². The maximum Gasteiger partial charge on any atom is 0.0506 e. The van der Waals surface area contributed by atoms with E-state index in [2.05, 4.69) is 33.2 Å². The molecule has 0 aliphatic heterocycles. The first-order chi connectivity index (χ1) is 7.95. The van der Waals surface area contributed by atoms with E-state index in [0.717, 1.165) is 0 Å². The molecule has 3 nitrogen and oxygen atoms in total. The van der Waals surface area contributed by atoms with Crippen molar-refractivity contribution in [1.82, 2.24) is 15.0 Å². The molecule has 0 aromatic carbocycles. The molecule has 0 radical (unpaired) electrons. The van der Waals surface area contributed by atoms with Gasteiger partial charge in [-0.2, -0.15) is 0 Å². The monoisotopic (exact) mass is 229 g/mol. The minimum atomic E-state index is -0.502. The molecule has 3 heterocycles. The number of rotatable bonds is 3. The Kier molecular flexibility index (Phi) is 2.39. The summed E-state index contributed by atoms with van der Waals surface area (Å²) in [6.45, 7) is 0. The molecular weight excluding hydrogens is 217 g/mol. The number of aromatic amines is 3. The van der Waals surface area contributed by atoms with Gasteiger partial charge in [0.15, 0.2) is 0 Å². The second kappa shape index (κ2) is 4.03. The molecule has 0 bridgehead atoms. The van der Waals surface area contributed by atoms with Crippen LogP contribution in [0.25, 0.3) is 0 Å². The zero-order valence-electron chi connectivity index (χ0n) is 8.64. The predicted molar refractivity (Wildman–Crippen MR) is 68.2 cm³/mol. The topological polar surface area (TPSA) is 47.4 Å². The molecule has 3 aromatic heterocycles. The van der Waals surface area contributed by atoms with Crippen LogP contribution < -0.4 is 16.3 Å². The van der Waals surface area contributed by atoms with Crippen LogP contribution >= 0.6 is 7.92 Å². The third kappa shape index (κ3) is 1.59. The van der Waals surface area contributed by atoms with Crippen molar-refractivity contribution >= 4 is 24.2 Å². The fourth-order valence-electron chi connectivity index (χ4n) is 1.77. The highest BCUT2D eigenvalue weighted by Crippen LogP contribution is 2.29. The van der Waals surface area contributed by atoms with Crippen molar-refractivity contribution in [3.8, 4) is 0 Å². The van der Waals surface area contributed by atoms with Gasteiger partial charge in [0.2, 0.25) is 0 Å². The minimum Gasteiger partial charge on any atom is -0.361 e. The minimum absolute atomic E-state index is 0.502. The summed E-state index contributed by atoms with van der Waals surface area (Å²) in [5.41, 5.74) is 3.75. The fraction of sp³-hybridized carbons (Fsp3) is 0. The maximum atomic E-state index is 3.30. The number of hydrogen-bond acceptors (Lipinski definition) is 0. The van der Waals surface area contributed by atoms with Crippen molar-refractivity contribution in [3.05, 3.63) is 55.0 Å². The molecule has 4 heteroatoms. The van der Waals surface area contributed by atoms with Crippen molar-refractivity contribution in [2.45, 2.75) is 0 Å². The summed E-state index contributed by atoms with van der Waals surface area (Å²) in [6, 6.07) is 12.5. The molecule has 3 rings (SSSR count). The normalized spacial score (nSPS) is 11.1. The summed E-state index contributed by atoms with van der Waals surface area (Å²) in [5, 5.41) is 0. The predicted octanol–water partition coefficient (Wildman–Crippen LogP) is 1.43. The van der Waals surface area contributed by atoms with Gasteiger partial charge < -0.3 is 15.0 Å². The van der Waals surface area contributed by atoms with Crippen LogP contribution in [-0.2, 0) is 0 Å². The van der Waals surface area contributed by atoms with Crippen LogP contribution in [0.1, 0.15) is 0 Å². The average Bonchev–Trinajstić information content (AvgIpc) is 3.02. The van der Waals surface area contributed by atoms with Gasteiger partial charge in [0.1, 0.15) is 0 Å². The molecule has 3 N–H and O–H groups in total. The zero-order chi connectivity index (χ0) is 10.8. The van der Waals surface area contributed by atoms with Crippen LogP contribution in [0.5, 0.6) is 0 Å². The Hall–Kier alpha value is -1.73. The number of nitrogens with one attached hydrogen (secondary N) is 3. The molecule has 16 heavy (non-hydrogen) atoms. The highest BCUT2D eigenvalue weighted by atomic mass is 31.1. The van der Waals surface area contributed by atoms with E-state index in [1.54, 1.807) is 0 Å². The van der Waals surface area contributed by atoms with Gasteiger partial charge in [0.25, 0.3) is 0 Å². The Morgan fingerprint density at radius 2 is 1.00 bits per heavy atom. The van der Waals surface area contributed by atoms with E-state index in [-0.39, 0.29) is 0 Å². The Bertz CT molecular complexity index is 441. The van der Waals surface area contributed by atoms with Crippen LogP contribution in [0.2, 0.25) is 0 Å². The van der Waals surface area contributed by atoms with Crippen LogP contribution in [-0.4, -0.2) is 15.0 Å². The lowest BCUT2D eigenvalue weighted by atomic mass is 10.7. The second-order valence-corrected chi connectivity index (χ2v) is 5.62. The highest BCUT2D eigenvalue weighted by Gasteiger charge is 2.18. The zero-order valence-corrected chi connectivity index (χ0v) is 9.54. The van der Waals surface area contributed by atoms with Crippen molar-refractivity contribution < 1.29 is 0 Å². The lowest BCUT2D eigenvalue weighted by Gasteiger charge is -2.13. The van der Waals surface area contributed by atoms with Crippen LogP contribution in [0, 0.1) is 0 Å². The van der Waals surface area contributed by atoms with Crippen LogP contribution in [0.15, 0.2) is 55.0 Å². The summed E-state index contributed by atoms with van der Waals surface area (Å²) < 4.78 is 0. The Morgan fingerprint density at radius 1 is 0.625 bits per heavy atom. The Labute approximate surface area is 94.7 Å². The first-order valence-electron chi connectivity index (χ1n) is 5.15. The van der Waals surface area contributed by atoms with E-state index in [1.165, 1.54) is 16.3 Å². The summed E-state index contributed by atoms with van der Waals surface area (Å²) in [7, 11) is -0.502. The summed E-state index contributed by atoms with van der Waals surface area (Å²) in [6.07, 6.45) is 5.91. The average molecular weight is 229 g/mol. The van der Waals surface area contributed by atoms with Crippen molar-refractivity contribution in [2.24, 2.45) is 0 Å². The van der Waals surface area contributed by atoms with Crippen molar-refractivity contribution in [2.75, 3.05) is 0 Å².